The van der Waals surface area contributed by atoms with Gasteiger partial charge in [0.15, 0.2) is 0 Å². The van der Waals surface area contributed by atoms with Crippen LogP contribution in [0.3, 0.4) is 0 Å². The summed E-state index contributed by atoms with van der Waals surface area (Å²) in [4.78, 5) is 6.77. The second-order valence-corrected chi connectivity index (χ2v) is 5.96. The summed E-state index contributed by atoms with van der Waals surface area (Å²) in [6, 6.07) is 0.386. The Morgan fingerprint density at radius 1 is 1.41 bits per heavy atom. The molecule has 0 radical (unpaired) electrons. The van der Waals surface area contributed by atoms with Gasteiger partial charge in [-0.1, -0.05) is 0 Å². The van der Waals surface area contributed by atoms with Crippen molar-refractivity contribution in [1.82, 2.24) is 29.4 Å². The van der Waals surface area contributed by atoms with Crippen molar-refractivity contribution < 1.29 is 5.11 Å². The molecule has 1 fully saturated rings. The lowest BCUT2D eigenvalue weighted by atomic mass is 10.0. The standard InChI is InChI=1S/C15H24N6O/c1-3-21-15(16-11-18-21)10-20-6-4-5-13(20)7-14(22)12-8-17-19(2)9-12/h8-9,11,13-14,22H,3-7,10H2,1-2H3/t13-,14+/m1/s1. The first-order valence-electron chi connectivity index (χ1n) is 7.94. The molecule has 0 aromatic carbocycles. The quantitative estimate of drug-likeness (QED) is 0.866. The Morgan fingerprint density at radius 2 is 2.27 bits per heavy atom. The van der Waals surface area contributed by atoms with E-state index in [0.29, 0.717) is 6.04 Å². The van der Waals surface area contributed by atoms with Crippen LogP contribution in [0.4, 0.5) is 0 Å². The van der Waals surface area contributed by atoms with Crippen molar-refractivity contribution in [3.63, 3.8) is 0 Å². The number of aliphatic hydroxyl groups excluding tert-OH is 1. The van der Waals surface area contributed by atoms with Crippen LogP contribution in [-0.2, 0) is 20.1 Å². The zero-order valence-electron chi connectivity index (χ0n) is 13.3. The largest absolute Gasteiger partial charge is 0.388 e. The Hall–Kier alpha value is -1.73. The number of hydrogen-bond donors (Lipinski definition) is 1. The van der Waals surface area contributed by atoms with Crippen molar-refractivity contribution in [3.8, 4) is 0 Å². The smallest absolute Gasteiger partial charge is 0.141 e. The maximum absolute atomic E-state index is 10.4. The average Bonchev–Trinajstić information content (AvgIpc) is 3.21. The summed E-state index contributed by atoms with van der Waals surface area (Å²) in [5.74, 6) is 1.00. The first-order chi connectivity index (χ1) is 10.7. The fraction of sp³-hybridized carbons (Fsp3) is 0.667. The summed E-state index contributed by atoms with van der Waals surface area (Å²) in [7, 11) is 1.87. The molecule has 0 amide bonds. The predicted octanol–water partition coefficient (Wildman–Crippen LogP) is 1.12. The van der Waals surface area contributed by atoms with Crippen molar-refractivity contribution in [2.45, 2.75) is 51.4 Å². The molecule has 2 aromatic rings. The van der Waals surface area contributed by atoms with Crippen molar-refractivity contribution in [1.29, 1.82) is 0 Å². The zero-order chi connectivity index (χ0) is 15.5. The molecule has 1 aliphatic heterocycles. The highest BCUT2D eigenvalue weighted by atomic mass is 16.3. The van der Waals surface area contributed by atoms with E-state index in [1.807, 2.05) is 17.9 Å². The van der Waals surface area contributed by atoms with Crippen LogP contribution in [0.5, 0.6) is 0 Å². The Labute approximate surface area is 130 Å². The molecular weight excluding hydrogens is 280 g/mol. The summed E-state index contributed by atoms with van der Waals surface area (Å²) in [6.07, 6.45) is 7.83. The van der Waals surface area contributed by atoms with Gasteiger partial charge < -0.3 is 5.11 Å². The van der Waals surface area contributed by atoms with E-state index in [4.69, 9.17) is 0 Å². The van der Waals surface area contributed by atoms with Crippen molar-refractivity contribution in [3.05, 3.63) is 30.1 Å². The van der Waals surface area contributed by atoms with Crippen LogP contribution in [0, 0.1) is 0 Å². The second kappa shape index (κ2) is 6.58. The van der Waals surface area contributed by atoms with Crippen molar-refractivity contribution >= 4 is 0 Å². The molecule has 3 rings (SSSR count). The summed E-state index contributed by atoms with van der Waals surface area (Å²) < 4.78 is 3.67. The third-order valence-electron chi connectivity index (χ3n) is 4.44. The number of aryl methyl sites for hydroxylation is 2. The number of aliphatic hydroxyl groups is 1. The molecule has 0 unspecified atom stereocenters. The minimum Gasteiger partial charge on any atom is -0.388 e. The van der Waals surface area contributed by atoms with Gasteiger partial charge in [0.2, 0.25) is 0 Å². The summed E-state index contributed by atoms with van der Waals surface area (Å²) >= 11 is 0. The molecular formula is C15H24N6O. The van der Waals surface area contributed by atoms with E-state index in [1.165, 1.54) is 6.42 Å². The lowest BCUT2D eigenvalue weighted by Gasteiger charge is -2.25. The lowest BCUT2D eigenvalue weighted by Crippen LogP contribution is -2.31. The topological polar surface area (TPSA) is 72.0 Å². The Balaban J connectivity index is 1.63. The van der Waals surface area contributed by atoms with E-state index >= 15 is 0 Å². The van der Waals surface area contributed by atoms with Crippen LogP contribution in [0.15, 0.2) is 18.7 Å². The molecule has 0 saturated carbocycles. The van der Waals surface area contributed by atoms with E-state index in [2.05, 4.69) is 27.0 Å². The highest BCUT2D eigenvalue weighted by Crippen LogP contribution is 2.28. The second-order valence-electron chi connectivity index (χ2n) is 5.96. The Kier molecular flexibility index (Phi) is 4.54. The monoisotopic (exact) mass is 304 g/mol. The van der Waals surface area contributed by atoms with Crippen LogP contribution < -0.4 is 0 Å². The number of aromatic nitrogens is 5. The van der Waals surface area contributed by atoms with E-state index in [1.54, 1.807) is 17.2 Å². The fourth-order valence-electron chi connectivity index (χ4n) is 3.23. The van der Waals surface area contributed by atoms with Crippen LogP contribution in [0.1, 0.15) is 43.7 Å². The SMILES string of the molecule is CCn1ncnc1CN1CCC[C@@H]1C[C@H](O)c1cnn(C)c1. The maximum atomic E-state index is 10.4. The minimum absolute atomic E-state index is 0.386. The highest BCUT2D eigenvalue weighted by Gasteiger charge is 2.28. The molecule has 1 saturated heterocycles. The van der Waals surface area contributed by atoms with Gasteiger partial charge in [-0.15, -0.1) is 0 Å². The number of nitrogens with zero attached hydrogens (tertiary/aromatic N) is 6. The van der Waals surface area contributed by atoms with E-state index in [-0.39, 0.29) is 0 Å². The first kappa shape index (κ1) is 15.2. The van der Waals surface area contributed by atoms with Crippen molar-refractivity contribution in [2.75, 3.05) is 6.54 Å². The molecule has 7 nitrogen and oxygen atoms in total. The van der Waals surface area contributed by atoms with Gasteiger partial charge in [-0.05, 0) is 32.7 Å². The van der Waals surface area contributed by atoms with Crippen LogP contribution in [0.2, 0.25) is 0 Å². The molecule has 3 heterocycles. The third-order valence-corrected chi connectivity index (χ3v) is 4.44. The van der Waals surface area contributed by atoms with Gasteiger partial charge in [-0.2, -0.15) is 10.2 Å². The molecule has 1 N–H and O–H groups in total. The van der Waals surface area contributed by atoms with Gasteiger partial charge in [-0.3, -0.25) is 9.58 Å². The van der Waals surface area contributed by atoms with Crippen molar-refractivity contribution in [2.24, 2.45) is 7.05 Å². The maximum Gasteiger partial charge on any atom is 0.141 e. The normalized spacial score (nSPS) is 20.6. The van der Waals surface area contributed by atoms with Gasteiger partial charge in [-0.25, -0.2) is 9.67 Å². The minimum atomic E-state index is -0.455. The number of rotatable bonds is 6. The van der Waals surface area contributed by atoms with E-state index in [9.17, 15) is 5.11 Å². The van der Waals surface area contributed by atoms with Gasteiger partial charge >= 0.3 is 0 Å². The summed E-state index contributed by atoms with van der Waals surface area (Å²) in [5, 5.41) is 18.8. The molecule has 120 valence electrons. The summed E-state index contributed by atoms with van der Waals surface area (Å²) in [6.45, 7) is 4.78. The predicted molar refractivity (Wildman–Crippen MR) is 81.9 cm³/mol. The molecule has 2 atom stereocenters. The van der Waals surface area contributed by atoms with Crippen LogP contribution in [0.25, 0.3) is 0 Å². The molecule has 0 bridgehead atoms. The molecule has 0 spiro atoms. The lowest BCUT2D eigenvalue weighted by molar-refractivity contribution is 0.116. The molecule has 22 heavy (non-hydrogen) atoms. The van der Waals surface area contributed by atoms with E-state index < -0.39 is 6.10 Å². The fourth-order valence-corrected chi connectivity index (χ4v) is 3.23. The highest BCUT2D eigenvalue weighted by molar-refractivity contribution is 5.08. The molecule has 1 aliphatic rings. The van der Waals surface area contributed by atoms with Crippen LogP contribution in [-0.4, -0.2) is 47.1 Å². The van der Waals surface area contributed by atoms with Gasteiger partial charge in [0.05, 0.1) is 18.8 Å². The van der Waals surface area contributed by atoms with Gasteiger partial charge in [0.1, 0.15) is 12.2 Å². The first-order valence-corrected chi connectivity index (χ1v) is 7.94. The number of likely N-dealkylation sites (tertiary alicyclic amines) is 1. The van der Waals surface area contributed by atoms with Gasteiger partial charge in [0.25, 0.3) is 0 Å². The summed E-state index contributed by atoms with van der Waals surface area (Å²) in [5.41, 5.74) is 0.895. The average molecular weight is 304 g/mol. The molecule has 2 aromatic heterocycles. The Morgan fingerprint density at radius 3 is 3.00 bits per heavy atom. The molecule has 7 heteroatoms. The van der Waals surface area contributed by atoms with E-state index in [0.717, 1.165) is 43.9 Å². The number of hydrogen-bond acceptors (Lipinski definition) is 5. The van der Waals surface area contributed by atoms with Crippen LogP contribution >= 0.6 is 0 Å². The third kappa shape index (κ3) is 3.20. The molecule has 0 aliphatic carbocycles. The Bertz CT molecular complexity index is 607. The van der Waals surface area contributed by atoms with Gasteiger partial charge in [0, 0.05) is 31.4 Å². The zero-order valence-corrected chi connectivity index (χ0v) is 13.3.